The standard InChI is InChI=1S/C18H15FN2O4S/c1-23-13-6-4-5-12(9-13)18-20-16(25-21-18)10-24-17(22)11-26-15-8-3-2-7-14(15)19/h2-9H,10-11H2,1H3. The molecule has 0 saturated heterocycles. The number of halogens is 1. The second kappa shape index (κ2) is 8.48. The average Bonchev–Trinajstić information content (AvgIpc) is 3.15. The zero-order chi connectivity index (χ0) is 18.4. The number of carbonyl (C=O) groups excluding carboxylic acids is 1. The molecule has 0 saturated carbocycles. The molecular weight excluding hydrogens is 359 g/mol. The Balaban J connectivity index is 1.53. The van der Waals surface area contributed by atoms with Gasteiger partial charge in [0, 0.05) is 10.5 Å². The van der Waals surface area contributed by atoms with Gasteiger partial charge >= 0.3 is 5.97 Å². The van der Waals surface area contributed by atoms with E-state index in [1.165, 1.54) is 6.07 Å². The zero-order valence-electron chi connectivity index (χ0n) is 13.8. The van der Waals surface area contributed by atoms with Crippen molar-refractivity contribution in [2.45, 2.75) is 11.5 Å². The van der Waals surface area contributed by atoms with Gasteiger partial charge in [-0.1, -0.05) is 29.4 Å². The molecule has 6 nitrogen and oxygen atoms in total. The molecule has 0 aliphatic rings. The van der Waals surface area contributed by atoms with Crippen LogP contribution < -0.4 is 4.74 Å². The maximum absolute atomic E-state index is 13.5. The average molecular weight is 374 g/mol. The second-order valence-corrected chi connectivity index (χ2v) is 6.14. The number of ether oxygens (including phenoxy) is 2. The highest BCUT2D eigenvalue weighted by Crippen LogP contribution is 2.22. The third-order valence-corrected chi connectivity index (χ3v) is 4.36. The Morgan fingerprint density at radius 3 is 2.88 bits per heavy atom. The van der Waals surface area contributed by atoms with Crippen molar-refractivity contribution in [1.82, 2.24) is 10.1 Å². The minimum absolute atomic E-state index is 0.0161. The van der Waals surface area contributed by atoms with E-state index < -0.39 is 5.97 Å². The number of benzene rings is 2. The molecule has 134 valence electrons. The van der Waals surface area contributed by atoms with Crippen LogP contribution in [0.1, 0.15) is 5.89 Å². The number of hydrogen-bond acceptors (Lipinski definition) is 7. The van der Waals surface area contributed by atoms with Crippen LogP contribution in [0.15, 0.2) is 57.9 Å². The van der Waals surface area contributed by atoms with E-state index in [-0.39, 0.29) is 24.1 Å². The molecule has 0 spiro atoms. The van der Waals surface area contributed by atoms with E-state index >= 15 is 0 Å². The fraction of sp³-hybridized carbons (Fsp3) is 0.167. The smallest absolute Gasteiger partial charge is 0.316 e. The van der Waals surface area contributed by atoms with Gasteiger partial charge in [-0.2, -0.15) is 4.98 Å². The van der Waals surface area contributed by atoms with Crippen molar-refractivity contribution in [2.75, 3.05) is 12.9 Å². The highest BCUT2D eigenvalue weighted by Gasteiger charge is 2.12. The third-order valence-electron chi connectivity index (χ3n) is 3.33. The zero-order valence-corrected chi connectivity index (χ0v) is 14.7. The van der Waals surface area contributed by atoms with Gasteiger partial charge in [-0.3, -0.25) is 4.79 Å². The molecule has 0 unspecified atom stereocenters. The van der Waals surface area contributed by atoms with Gasteiger partial charge in [-0.05, 0) is 24.3 Å². The summed E-state index contributed by atoms with van der Waals surface area (Å²) in [6.07, 6.45) is 0. The summed E-state index contributed by atoms with van der Waals surface area (Å²) in [6.45, 7) is -0.145. The van der Waals surface area contributed by atoms with Crippen LogP contribution in [0.3, 0.4) is 0 Å². The van der Waals surface area contributed by atoms with E-state index in [0.29, 0.717) is 16.5 Å². The van der Waals surface area contributed by atoms with Crippen LogP contribution in [-0.4, -0.2) is 29.0 Å². The first kappa shape index (κ1) is 17.9. The first-order valence-corrected chi connectivity index (χ1v) is 8.64. The molecule has 0 aliphatic heterocycles. The number of nitrogens with zero attached hydrogens (tertiary/aromatic N) is 2. The van der Waals surface area contributed by atoms with Crippen LogP contribution in [-0.2, 0) is 16.1 Å². The summed E-state index contributed by atoms with van der Waals surface area (Å²) in [5.74, 6) is 0.329. The summed E-state index contributed by atoms with van der Waals surface area (Å²) in [4.78, 5) is 16.4. The summed E-state index contributed by atoms with van der Waals surface area (Å²) in [7, 11) is 1.57. The molecular formula is C18H15FN2O4S. The lowest BCUT2D eigenvalue weighted by Crippen LogP contribution is -2.07. The van der Waals surface area contributed by atoms with Crippen molar-refractivity contribution in [1.29, 1.82) is 0 Å². The Morgan fingerprint density at radius 1 is 1.23 bits per heavy atom. The molecule has 3 aromatic rings. The summed E-state index contributed by atoms with van der Waals surface area (Å²) in [6, 6.07) is 13.4. The quantitative estimate of drug-likeness (QED) is 0.461. The lowest BCUT2D eigenvalue weighted by molar-refractivity contribution is -0.142. The normalized spacial score (nSPS) is 10.5. The van der Waals surface area contributed by atoms with Crippen molar-refractivity contribution in [2.24, 2.45) is 0 Å². The summed E-state index contributed by atoms with van der Waals surface area (Å²) in [5, 5.41) is 3.86. The topological polar surface area (TPSA) is 74.5 Å². The summed E-state index contributed by atoms with van der Waals surface area (Å²) < 4.78 is 28.8. The lowest BCUT2D eigenvalue weighted by atomic mass is 10.2. The Labute approximate surface area is 153 Å². The molecule has 26 heavy (non-hydrogen) atoms. The van der Waals surface area contributed by atoms with Gasteiger partial charge in [-0.25, -0.2) is 4.39 Å². The predicted molar refractivity (Wildman–Crippen MR) is 93.2 cm³/mol. The minimum atomic E-state index is -0.501. The van der Waals surface area contributed by atoms with E-state index in [0.717, 1.165) is 17.3 Å². The molecule has 3 rings (SSSR count). The van der Waals surface area contributed by atoms with Crippen LogP contribution in [0.2, 0.25) is 0 Å². The molecule has 0 bridgehead atoms. The summed E-state index contributed by atoms with van der Waals surface area (Å²) in [5.41, 5.74) is 0.723. The number of aromatic nitrogens is 2. The van der Waals surface area contributed by atoms with Gasteiger partial charge in [0.05, 0.1) is 12.9 Å². The minimum Gasteiger partial charge on any atom is -0.497 e. The number of thioether (sulfide) groups is 1. The first-order valence-electron chi connectivity index (χ1n) is 7.65. The van der Waals surface area contributed by atoms with Crippen molar-refractivity contribution in [3.8, 4) is 17.1 Å². The number of esters is 1. The Morgan fingerprint density at radius 2 is 2.08 bits per heavy atom. The monoisotopic (exact) mass is 374 g/mol. The Bertz CT molecular complexity index is 900. The van der Waals surface area contributed by atoms with Crippen molar-refractivity contribution >= 4 is 17.7 Å². The highest BCUT2D eigenvalue weighted by molar-refractivity contribution is 8.00. The predicted octanol–water partition coefficient (Wildman–Crippen LogP) is 3.72. The molecule has 0 aliphatic carbocycles. The maximum Gasteiger partial charge on any atom is 0.316 e. The molecule has 0 fully saturated rings. The van der Waals surface area contributed by atoms with Gasteiger partial charge in [0.25, 0.3) is 5.89 Å². The Kier molecular flexibility index (Phi) is 5.85. The van der Waals surface area contributed by atoms with Gasteiger partial charge in [-0.15, -0.1) is 11.8 Å². The van der Waals surface area contributed by atoms with Crippen LogP contribution in [0.25, 0.3) is 11.4 Å². The molecule has 0 radical (unpaired) electrons. The van der Waals surface area contributed by atoms with E-state index in [1.807, 2.05) is 12.1 Å². The number of methoxy groups -OCH3 is 1. The fourth-order valence-corrected chi connectivity index (χ4v) is 2.81. The SMILES string of the molecule is COc1cccc(-c2noc(COC(=O)CSc3ccccc3F)n2)c1. The van der Waals surface area contributed by atoms with E-state index in [2.05, 4.69) is 10.1 Å². The molecule has 1 aromatic heterocycles. The van der Waals surface area contributed by atoms with Gasteiger partial charge in [0.1, 0.15) is 11.6 Å². The molecule has 0 N–H and O–H groups in total. The molecule has 2 aromatic carbocycles. The van der Waals surface area contributed by atoms with Crippen LogP contribution in [0.5, 0.6) is 5.75 Å². The molecule has 1 heterocycles. The van der Waals surface area contributed by atoms with Crippen LogP contribution in [0.4, 0.5) is 4.39 Å². The third kappa shape index (κ3) is 4.60. The second-order valence-electron chi connectivity index (χ2n) is 5.12. The Hall–Kier alpha value is -2.87. The number of carbonyl (C=O) groups is 1. The van der Waals surface area contributed by atoms with Gasteiger partial charge in [0.15, 0.2) is 6.61 Å². The molecule has 0 amide bonds. The number of rotatable bonds is 7. The van der Waals surface area contributed by atoms with E-state index in [9.17, 15) is 9.18 Å². The largest absolute Gasteiger partial charge is 0.497 e. The molecule has 8 heteroatoms. The van der Waals surface area contributed by atoms with Gasteiger partial charge < -0.3 is 14.0 Å². The first-order chi connectivity index (χ1) is 12.7. The van der Waals surface area contributed by atoms with Crippen LogP contribution >= 0.6 is 11.8 Å². The van der Waals surface area contributed by atoms with Crippen molar-refractivity contribution in [3.05, 3.63) is 60.2 Å². The maximum atomic E-state index is 13.5. The van der Waals surface area contributed by atoms with Gasteiger partial charge in [0.2, 0.25) is 5.82 Å². The number of hydrogen-bond donors (Lipinski definition) is 0. The van der Waals surface area contributed by atoms with Crippen molar-refractivity contribution in [3.63, 3.8) is 0 Å². The summed E-state index contributed by atoms with van der Waals surface area (Å²) >= 11 is 1.07. The van der Waals surface area contributed by atoms with E-state index in [1.54, 1.807) is 37.4 Å². The fourth-order valence-electron chi connectivity index (χ4n) is 2.08. The highest BCUT2D eigenvalue weighted by atomic mass is 32.2. The van der Waals surface area contributed by atoms with Crippen LogP contribution in [0, 0.1) is 5.82 Å². The molecule has 0 atom stereocenters. The lowest BCUT2D eigenvalue weighted by Gasteiger charge is -2.03. The van der Waals surface area contributed by atoms with E-state index in [4.69, 9.17) is 14.0 Å². The van der Waals surface area contributed by atoms with Crippen molar-refractivity contribution < 1.29 is 23.2 Å².